The Kier molecular flexibility index (Phi) is 2.01. The Hall–Kier alpha value is -2.07. The van der Waals surface area contributed by atoms with Gasteiger partial charge >= 0.3 is 0 Å². The van der Waals surface area contributed by atoms with Crippen molar-refractivity contribution < 1.29 is 4.42 Å². The smallest absolute Gasteiger partial charge is 0.125 e. The summed E-state index contributed by atoms with van der Waals surface area (Å²) in [6, 6.07) is 9.33. The Bertz CT molecular complexity index is 598. The molecular weight excluding hydrogens is 202 g/mol. The van der Waals surface area contributed by atoms with Crippen molar-refractivity contribution in [1.29, 1.82) is 0 Å². The van der Waals surface area contributed by atoms with Crippen LogP contribution in [-0.4, -0.2) is 9.61 Å². The van der Waals surface area contributed by atoms with Crippen molar-refractivity contribution in [2.24, 2.45) is 5.73 Å². The van der Waals surface area contributed by atoms with Crippen LogP contribution in [-0.2, 0) is 0 Å². The highest BCUT2D eigenvalue weighted by molar-refractivity contribution is 5.56. The van der Waals surface area contributed by atoms with E-state index in [9.17, 15) is 0 Å². The fourth-order valence-electron chi connectivity index (χ4n) is 1.82. The Morgan fingerprint density at radius 3 is 3.00 bits per heavy atom. The van der Waals surface area contributed by atoms with E-state index in [2.05, 4.69) is 5.10 Å². The van der Waals surface area contributed by atoms with E-state index in [1.54, 1.807) is 17.0 Å². The molecule has 3 aromatic rings. The zero-order chi connectivity index (χ0) is 11.0. The molecule has 3 aromatic heterocycles. The van der Waals surface area contributed by atoms with Crippen LogP contribution in [0, 0.1) is 0 Å². The van der Waals surface area contributed by atoms with Crippen molar-refractivity contribution in [3.05, 3.63) is 60.3 Å². The predicted octanol–water partition coefficient (Wildman–Crippen LogP) is 1.98. The van der Waals surface area contributed by atoms with E-state index < -0.39 is 0 Å². The van der Waals surface area contributed by atoms with Crippen LogP contribution in [0.2, 0.25) is 0 Å². The molecule has 0 aliphatic heterocycles. The van der Waals surface area contributed by atoms with Gasteiger partial charge in [0.05, 0.1) is 24.0 Å². The molecule has 0 aromatic carbocycles. The lowest BCUT2D eigenvalue weighted by Crippen LogP contribution is -2.10. The molecule has 4 heteroatoms. The molecule has 80 valence electrons. The van der Waals surface area contributed by atoms with Crippen LogP contribution in [0.25, 0.3) is 5.52 Å². The van der Waals surface area contributed by atoms with Gasteiger partial charge in [-0.25, -0.2) is 4.52 Å². The molecule has 0 amide bonds. The van der Waals surface area contributed by atoms with Crippen molar-refractivity contribution in [1.82, 2.24) is 9.61 Å². The van der Waals surface area contributed by atoms with E-state index in [1.807, 2.05) is 36.5 Å². The van der Waals surface area contributed by atoms with E-state index in [1.165, 1.54) is 0 Å². The number of aromatic nitrogens is 2. The van der Waals surface area contributed by atoms with Crippen LogP contribution in [0.5, 0.6) is 0 Å². The van der Waals surface area contributed by atoms with Crippen LogP contribution < -0.4 is 5.73 Å². The maximum Gasteiger partial charge on any atom is 0.125 e. The molecule has 0 fully saturated rings. The summed E-state index contributed by atoms with van der Waals surface area (Å²) in [4.78, 5) is 0. The third-order valence-electron chi connectivity index (χ3n) is 2.64. The van der Waals surface area contributed by atoms with Crippen molar-refractivity contribution in [2.45, 2.75) is 6.04 Å². The number of pyridine rings is 1. The summed E-state index contributed by atoms with van der Waals surface area (Å²) in [5.74, 6) is 0.749. The van der Waals surface area contributed by atoms with Crippen molar-refractivity contribution in [3.63, 3.8) is 0 Å². The van der Waals surface area contributed by atoms with Crippen molar-refractivity contribution in [3.8, 4) is 0 Å². The molecule has 4 nitrogen and oxygen atoms in total. The molecule has 2 N–H and O–H groups in total. The first-order valence-electron chi connectivity index (χ1n) is 5.07. The molecule has 0 aliphatic carbocycles. The SMILES string of the molecule is NC(c1ccco1)c1cnn2ccccc12. The van der Waals surface area contributed by atoms with E-state index in [0.29, 0.717) is 0 Å². The highest BCUT2D eigenvalue weighted by atomic mass is 16.3. The van der Waals surface area contributed by atoms with Gasteiger partial charge in [-0.3, -0.25) is 0 Å². The Labute approximate surface area is 92.3 Å². The molecule has 0 spiro atoms. The number of hydrogen-bond acceptors (Lipinski definition) is 3. The van der Waals surface area contributed by atoms with Gasteiger partial charge in [-0.15, -0.1) is 0 Å². The lowest BCUT2D eigenvalue weighted by Gasteiger charge is -2.06. The second-order valence-electron chi connectivity index (χ2n) is 3.62. The summed E-state index contributed by atoms with van der Waals surface area (Å²) in [7, 11) is 0. The fourth-order valence-corrected chi connectivity index (χ4v) is 1.82. The predicted molar refractivity (Wildman–Crippen MR) is 59.9 cm³/mol. The van der Waals surface area contributed by atoms with E-state index in [0.717, 1.165) is 16.8 Å². The van der Waals surface area contributed by atoms with Gasteiger partial charge < -0.3 is 10.2 Å². The molecule has 16 heavy (non-hydrogen) atoms. The Morgan fingerprint density at radius 1 is 1.25 bits per heavy atom. The quantitative estimate of drug-likeness (QED) is 0.708. The van der Waals surface area contributed by atoms with Gasteiger partial charge in [-0.2, -0.15) is 5.10 Å². The van der Waals surface area contributed by atoms with Crippen LogP contribution >= 0.6 is 0 Å². The molecule has 0 saturated carbocycles. The molecule has 3 heterocycles. The molecule has 0 radical (unpaired) electrons. The minimum absolute atomic E-state index is 0.269. The maximum atomic E-state index is 6.12. The van der Waals surface area contributed by atoms with Crippen LogP contribution in [0.15, 0.2) is 53.4 Å². The summed E-state index contributed by atoms with van der Waals surface area (Å²) in [5, 5.41) is 4.24. The lowest BCUT2D eigenvalue weighted by molar-refractivity contribution is 0.490. The Balaban J connectivity index is 2.12. The Morgan fingerprint density at radius 2 is 2.19 bits per heavy atom. The van der Waals surface area contributed by atoms with Gasteiger partial charge in [-0.1, -0.05) is 6.07 Å². The summed E-state index contributed by atoms with van der Waals surface area (Å²) in [6.45, 7) is 0. The zero-order valence-corrected chi connectivity index (χ0v) is 8.58. The van der Waals surface area contributed by atoms with Gasteiger partial charge in [0, 0.05) is 11.8 Å². The second kappa shape index (κ2) is 3.50. The summed E-state index contributed by atoms with van der Waals surface area (Å²) < 4.78 is 7.11. The van der Waals surface area contributed by atoms with E-state index in [4.69, 9.17) is 10.2 Å². The summed E-state index contributed by atoms with van der Waals surface area (Å²) in [6.07, 6.45) is 5.30. The molecular formula is C12H11N3O. The van der Waals surface area contributed by atoms with E-state index >= 15 is 0 Å². The number of fused-ring (bicyclic) bond motifs is 1. The van der Waals surface area contributed by atoms with E-state index in [-0.39, 0.29) is 6.04 Å². The molecule has 1 unspecified atom stereocenters. The first-order chi connectivity index (χ1) is 7.86. The van der Waals surface area contributed by atoms with Crippen LogP contribution in [0.4, 0.5) is 0 Å². The topological polar surface area (TPSA) is 56.5 Å². The molecule has 0 saturated heterocycles. The van der Waals surface area contributed by atoms with Gasteiger partial charge in [-0.05, 0) is 24.3 Å². The maximum absolute atomic E-state index is 6.12. The number of nitrogens with two attached hydrogens (primary N) is 1. The monoisotopic (exact) mass is 213 g/mol. The molecule has 0 bridgehead atoms. The third-order valence-corrected chi connectivity index (χ3v) is 2.64. The van der Waals surface area contributed by atoms with Crippen molar-refractivity contribution in [2.75, 3.05) is 0 Å². The first kappa shape index (κ1) is 9.18. The second-order valence-corrected chi connectivity index (χ2v) is 3.62. The number of nitrogens with zero attached hydrogens (tertiary/aromatic N) is 2. The van der Waals surface area contributed by atoms with Gasteiger partial charge in [0.1, 0.15) is 5.76 Å². The van der Waals surface area contributed by atoms with Gasteiger partial charge in [0.25, 0.3) is 0 Å². The zero-order valence-electron chi connectivity index (χ0n) is 8.58. The first-order valence-corrected chi connectivity index (χ1v) is 5.07. The van der Waals surface area contributed by atoms with Crippen LogP contribution in [0.3, 0.4) is 0 Å². The van der Waals surface area contributed by atoms with Crippen molar-refractivity contribution >= 4 is 5.52 Å². The highest BCUT2D eigenvalue weighted by Crippen LogP contribution is 2.23. The molecule has 3 rings (SSSR count). The summed E-state index contributed by atoms with van der Waals surface area (Å²) in [5.41, 5.74) is 8.10. The van der Waals surface area contributed by atoms with Gasteiger partial charge in [0.15, 0.2) is 0 Å². The number of rotatable bonds is 2. The largest absolute Gasteiger partial charge is 0.467 e. The summed E-state index contributed by atoms with van der Waals surface area (Å²) >= 11 is 0. The average Bonchev–Trinajstić information content (AvgIpc) is 2.98. The molecule has 0 aliphatic rings. The minimum Gasteiger partial charge on any atom is -0.467 e. The fraction of sp³-hybridized carbons (Fsp3) is 0.0833. The number of hydrogen-bond donors (Lipinski definition) is 1. The minimum atomic E-state index is -0.269. The van der Waals surface area contributed by atoms with Gasteiger partial charge in [0.2, 0.25) is 0 Å². The standard InChI is InChI=1S/C12H11N3O/c13-12(11-5-3-7-16-11)9-8-14-15-6-2-1-4-10(9)15/h1-8,12H,13H2. The van der Waals surface area contributed by atoms with Crippen LogP contribution in [0.1, 0.15) is 17.4 Å². The third kappa shape index (κ3) is 1.31. The highest BCUT2D eigenvalue weighted by Gasteiger charge is 2.15. The molecule has 1 atom stereocenters. The lowest BCUT2D eigenvalue weighted by atomic mass is 10.1. The average molecular weight is 213 g/mol. The normalized spacial score (nSPS) is 13.1. The number of furan rings is 1.